The van der Waals surface area contributed by atoms with Crippen molar-refractivity contribution < 1.29 is 13.5 Å². The number of aryl methyl sites for hydroxylation is 1. The first-order chi connectivity index (χ1) is 14.4. The molecule has 0 bridgehead atoms. The Balaban J connectivity index is 1.75. The number of aliphatic hydroxyl groups excluding tert-OH is 1. The van der Waals surface area contributed by atoms with Crippen molar-refractivity contribution in [2.24, 2.45) is 0 Å². The number of anilines is 1. The van der Waals surface area contributed by atoms with Crippen LogP contribution in [-0.2, 0) is 10.0 Å². The van der Waals surface area contributed by atoms with E-state index in [1.165, 1.54) is 4.31 Å². The number of hydrogen-bond donors (Lipinski definition) is 1. The Morgan fingerprint density at radius 3 is 2.37 bits per heavy atom. The van der Waals surface area contributed by atoms with Crippen molar-refractivity contribution in [3.05, 3.63) is 72.3 Å². The van der Waals surface area contributed by atoms with Crippen molar-refractivity contribution >= 4 is 26.5 Å². The number of likely N-dealkylation sites (tertiary alicyclic amines) is 1. The molecule has 1 aliphatic heterocycles. The van der Waals surface area contributed by atoms with Gasteiger partial charge in [0.25, 0.3) is 10.0 Å². The molecule has 3 aromatic rings. The molecule has 1 N–H and O–H groups in total. The largest absolute Gasteiger partial charge is 0.390 e. The van der Waals surface area contributed by atoms with Gasteiger partial charge in [-0.15, -0.1) is 0 Å². The number of β-amino-alcohol motifs (C(OH)–C–C–N with tert-alkyl or cyclic N) is 1. The summed E-state index contributed by atoms with van der Waals surface area (Å²) in [6.45, 7) is 4.33. The number of nitrogens with zero attached hydrogens (tertiary/aromatic N) is 2. The van der Waals surface area contributed by atoms with E-state index in [1.807, 2.05) is 49.4 Å². The number of sulfonamides is 1. The Morgan fingerprint density at radius 1 is 0.967 bits per heavy atom. The molecule has 1 heterocycles. The van der Waals surface area contributed by atoms with E-state index >= 15 is 0 Å². The van der Waals surface area contributed by atoms with E-state index < -0.39 is 16.1 Å². The normalized spacial score (nSPS) is 16.1. The minimum atomic E-state index is -3.84. The molecule has 30 heavy (non-hydrogen) atoms. The Labute approximate surface area is 178 Å². The summed E-state index contributed by atoms with van der Waals surface area (Å²) in [4.78, 5) is 2.43. The van der Waals surface area contributed by atoms with E-state index in [9.17, 15) is 13.5 Å². The van der Waals surface area contributed by atoms with Crippen LogP contribution in [-0.4, -0.2) is 50.7 Å². The highest BCUT2D eigenvalue weighted by atomic mass is 32.2. The number of hydrogen-bond acceptors (Lipinski definition) is 4. The predicted octanol–water partition coefficient (Wildman–Crippen LogP) is 3.80. The topological polar surface area (TPSA) is 60.9 Å². The van der Waals surface area contributed by atoms with E-state index in [0.29, 0.717) is 12.2 Å². The number of aliphatic hydroxyl groups is 1. The van der Waals surface area contributed by atoms with Crippen molar-refractivity contribution in [1.82, 2.24) is 4.90 Å². The molecule has 0 amide bonds. The number of fused-ring (bicyclic) bond motifs is 1. The van der Waals surface area contributed by atoms with Gasteiger partial charge in [-0.1, -0.05) is 54.1 Å². The van der Waals surface area contributed by atoms with Crippen molar-refractivity contribution in [2.45, 2.75) is 30.8 Å². The molecule has 1 saturated heterocycles. The Morgan fingerprint density at radius 2 is 1.63 bits per heavy atom. The zero-order valence-corrected chi connectivity index (χ0v) is 18.1. The molecule has 4 rings (SSSR count). The van der Waals surface area contributed by atoms with E-state index in [4.69, 9.17) is 0 Å². The first-order valence-electron chi connectivity index (χ1n) is 10.4. The average molecular weight is 425 g/mol. The van der Waals surface area contributed by atoms with Crippen LogP contribution in [0.1, 0.15) is 18.4 Å². The molecule has 3 aromatic carbocycles. The molecule has 0 aromatic heterocycles. The van der Waals surface area contributed by atoms with Gasteiger partial charge in [-0.25, -0.2) is 8.42 Å². The minimum Gasteiger partial charge on any atom is -0.390 e. The maximum absolute atomic E-state index is 13.7. The molecule has 1 aliphatic rings. The number of benzene rings is 3. The van der Waals surface area contributed by atoms with E-state index in [0.717, 1.165) is 42.3 Å². The van der Waals surface area contributed by atoms with Gasteiger partial charge in [0.05, 0.1) is 23.2 Å². The van der Waals surface area contributed by atoms with Gasteiger partial charge in [-0.3, -0.25) is 4.31 Å². The molecule has 5 nitrogen and oxygen atoms in total. The van der Waals surface area contributed by atoms with Gasteiger partial charge in [0, 0.05) is 11.9 Å². The Bertz CT molecular complexity index is 1100. The van der Waals surface area contributed by atoms with E-state index in [1.54, 1.807) is 24.3 Å². The van der Waals surface area contributed by atoms with Crippen molar-refractivity contribution in [2.75, 3.05) is 30.5 Å². The smallest absolute Gasteiger partial charge is 0.264 e. The summed E-state index contributed by atoms with van der Waals surface area (Å²) in [6.07, 6.45) is 1.48. The second kappa shape index (κ2) is 8.76. The monoisotopic (exact) mass is 424 g/mol. The Kier molecular flexibility index (Phi) is 6.09. The zero-order chi connectivity index (χ0) is 21.1. The highest BCUT2D eigenvalue weighted by Crippen LogP contribution is 2.31. The van der Waals surface area contributed by atoms with Gasteiger partial charge in [-0.05, 0) is 56.4 Å². The maximum Gasteiger partial charge on any atom is 0.264 e. The van der Waals surface area contributed by atoms with Crippen molar-refractivity contribution in [3.8, 4) is 0 Å². The lowest BCUT2D eigenvalue weighted by atomic mass is 10.1. The molecular formula is C24H28N2O3S. The molecule has 158 valence electrons. The summed E-state index contributed by atoms with van der Waals surface area (Å²) in [6, 6.07) is 20.3. The summed E-state index contributed by atoms with van der Waals surface area (Å²) < 4.78 is 28.7. The van der Waals surface area contributed by atoms with Crippen molar-refractivity contribution in [1.29, 1.82) is 0 Å². The molecule has 0 radical (unpaired) electrons. The standard InChI is InChI=1S/C24H28N2O3S/c1-19-11-13-22(14-12-19)30(28,29)26(18-21(27)17-25-15-4-5-16-25)24-10-6-8-20-7-2-3-9-23(20)24/h2-3,6-14,21,27H,4-5,15-18H2,1H3/t21-/m1/s1. The first-order valence-corrected chi connectivity index (χ1v) is 11.9. The molecule has 1 fully saturated rings. The highest BCUT2D eigenvalue weighted by molar-refractivity contribution is 7.92. The SMILES string of the molecule is Cc1ccc(S(=O)(=O)N(C[C@H](O)CN2CCCC2)c2cccc3ccccc23)cc1. The third-order valence-electron chi connectivity index (χ3n) is 5.69. The van der Waals surface area contributed by atoms with Crippen LogP contribution in [0.15, 0.2) is 71.6 Å². The van der Waals surface area contributed by atoms with Crippen LogP contribution in [0.2, 0.25) is 0 Å². The molecule has 0 saturated carbocycles. The fourth-order valence-electron chi connectivity index (χ4n) is 4.10. The average Bonchev–Trinajstić information content (AvgIpc) is 3.25. The first kappa shape index (κ1) is 20.8. The second-order valence-electron chi connectivity index (χ2n) is 8.01. The summed E-state index contributed by atoms with van der Waals surface area (Å²) in [7, 11) is -3.84. The summed E-state index contributed by atoms with van der Waals surface area (Å²) in [5.74, 6) is 0. The third kappa shape index (κ3) is 4.36. The molecule has 6 heteroatoms. The van der Waals surface area contributed by atoms with Gasteiger partial charge in [-0.2, -0.15) is 0 Å². The lowest BCUT2D eigenvalue weighted by Crippen LogP contribution is -2.42. The molecule has 0 spiro atoms. The van der Waals surface area contributed by atoms with Crippen LogP contribution < -0.4 is 4.31 Å². The van der Waals surface area contributed by atoms with E-state index in [-0.39, 0.29) is 11.4 Å². The summed E-state index contributed by atoms with van der Waals surface area (Å²) >= 11 is 0. The summed E-state index contributed by atoms with van der Waals surface area (Å²) in [5.41, 5.74) is 1.59. The van der Waals surface area contributed by atoms with Gasteiger partial charge >= 0.3 is 0 Å². The van der Waals surface area contributed by atoms with Crippen LogP contribution in [0.25, 0.3) is 10.8 Å². The lowest BCUT2D eigenvalue weighted by Gasteiger charge is -2.29. The number of rotatable bonds is 7. The zero-order valence-electron chi connectivity index (χ0n) is 17.2. The quantitative estimate of drug-likeness (QED) is 0.627. The fraction of sp³-hybridized carbons (Fsp3) is 0.333. The maximum atomic E-state index is 13.7. The van der Waals surface area contributed by atoms with Gasteiger partial charge in [0.1, 0.15) is 0 Å². The molecule has 1 atom stereocenters. The Hall–Kier alpha value is -2.41. The van der Waals surface area contributed by atoms with Gasteiger partial charge in [0.2, 0.25) is 0 Å². The molecule has 0 aliphatic carbocycles. The van der Waals surface area contributed by atoms with E-state index in [2.05, 4.69) is 4.90 Å². The van der Waals surface area contributed by atoms with Crippen LogP contribution in [0.4, 0.5) is 5.69 Å². The minimum absolute atomic E-state index is 0.0146. The molecule has 0 unspecified atom stereocenters. The third-order valence-corrected chi connectivity index (χ3v) is 7.48. The van der Waals surface area contributed by atoms with Gasteiger partial charge in [0.15, 0.2) is 0 Å². The van der Waals surface area contributed by atoms with Gasteiger partial charge < -0.3 is 10.0 Å². The highest BCUT2D eigenvalue weighted by Gasteiger charge is 2.29. The summed E-state index contributed by atoms with van der Waals surface area (Å²) in [5, 5.41) is 12.6. The fourth-order valence-corrected chi connectivity index (χ4v) is 5.62. The van der Waals surface area contributed by atoms with Crippen molar-refractivity contribution in [3.63, 3.8) is 0 Å². The predicted molar refractivity (Wildman–Crippen MR) is 121 cm³/mol. The van der Waals surface area contributed by atoms with Crippen LogP contribution >= 0.6 is 0 Å². The van der Waals surface area contributed by atoms with Crippen LogP contribution in [0, 0.1) is 6.92 Å². The second-order valence-corrected chi connectivity index (χ2v) is 9.87. The van der Waals surface area contributed by atoms with Crippen LogP contribution in [0.5, 0.6) is 0 Å². The molecular weight excluding hydrogens is 396 g/mol. The van der Waals surface area contributed by atoms with Crippen LogP contribution in [0.3, 0.4) is 0 Å². The lowest BCUT2D eigenvalue weighted by molar-refractivity contribution is 0.132.